The van der Waals surface area contributed by atoms with E-state index in [-0.39, 0.29) is 11.8 Å². The Morgan fingerprint density at radius 2 is 1.90 bits per heavy atom. The van der Waals surface area contributed by atoms with Gasteiger partial charge in [-0.1, -0.05) is 24.3 Å². The van der Waals surface area contributed by atoms with Gasteiger partial charge in [-0.2, -0.15) is 0 Å². The lowest BCUT2D eigenvalue weighted by Gasteiger charge is -2.29. The van der Waals surface area contributed by atoms with Gasteiger partial charge in [0.25, 0.3) is 0 Å². The number of carbonyl (C=O) groups is 1. The van der Waals surface area contributed by atoms with Crippen LogP contribution >= 0.6 is 0 Å². The lowest BCUT2D eigenvalue weighted by atomic mass is 9.92. The van der Waals surface area contributed by atoms with Crippen LogP contribution in [-0.4, -0.2) is 25.2 Å². The minimum atomic E-state index is 0.0614. The molecule has 20 heavy (non-hydrogen) atoms. The molecule has 3 rings (SSSR count). The van der Waals surface area contributed by atoms with Crippen molar-refractivity contribution in [1.29, 1.82) is 0 Å². The standard InChI is InChI=1S/C17H23NO2/c1-20-14-9-7-13(8-10-14)18-17(19)16-11-6-12-4-2-3-5-15(12)16/h2-5,13-14,16H,6-11H2,1H3,(H,18,19). The van der Waals surface area contributed by atoms with Gasteiger partial charge in [0.05, 0.1) is 12.0 Å². The number of nitrogens with one attached hydrogen (secondary N) is 1. The molecule has 1 amide bonds. The molecular weight excluding hydrogens is 250 g/mol. The second-order valence-corrected chi connectivity index (χ2v) is 6.01. The topological polar surface area (TPSA) is 38.3 Å². The summed E-state index contributed by atoms with van der Waals surface area (Å²) in [5.41, 5.74) is 2.58. The first-order valence-corrected chi connectivity index (χ1v) is 7.69. The van der Waals surface area contributed by atoms with Crippen LogP contribution in [0.15, 0.2) is 24.3 Å². The molecule has 1 fully saturated rings. The molecule has 108 valence electrons. The predicted molar refractivity (Wildman–Crippen MR) is 78.7 cm³/mol. The molecule has 0 bridgehead atoms. The van der Waals surface area contributed by atoms with Crippen molar-refractivity contribution >= 4 is 5.91 Å². The van der Waals surface area contributed by atoms with Crippen LogP contribution < -0.4 is 5.32 Å². The van der Waals surface area contributed by atoms with Gasteiger partial charge in [0.15, 0.2) is 0 Å². The molecule has 0 aromatic heterocycles. The van der Waals surface area contributed by atoms with Crippen LogP contribution in [0.2, 0.25) is 0 Å². The number of aryl methyl sites for hydroxylation is 1. The molecule has 1 aromatic rings. The van der Waals surface area contributed by atoms with Gasteiger partial charge in [0, 0.05) is 13.2 Å². The van der Waals surface area contributed by atoms with Gasteiger partial charge in [-0.05, 0) is 49.7 Å². The second kappa shape index (κ2) is 5.96. The first-order valence-electron chi connectivity index (χ1n) is 7.69. The molecule has 0 spiro atoms. The summed E-state index contributed by atoms with van der Waals surface area (Å²) in [5.74, 6) is 0.280. The first-order chi connectivity index (χ1) is 9.78. The van der Waals surface area contributed by atoms with Crippen molar-refractivity contribution in [2.24, 2.45) is 0 Å². The highest BCUT2D eigenvalue weighted by Crippen LogP contribution is 2.33. The van der Waals surface area contributed by atoms with Crippen LogP contribution in [-0.2, 0) is 16.0 Å². The SMILES string of the molecule is COC1CCC(NC(=O)C2CCc3ccccc32)CC1. The van der Waals surface area contributed by atoms with Crippen molar-refractivity contribution in [3.63, 3.8) is 0 Å². The fourth-order valence-electron chi connectivity index (χ4n) is 3.57. The molecule has 3 nitrogen and oxygen atoms in total. The molecule has 1 atom stereocenters. The Morgan fingerprint density at radius 3 is 2.65 bits per heavy atom. The average molecular weight is 273 g/mol. The fourth-order valence-corrected chi connectivity index (χ4v) is 3.57. The number of hydrogen-bond donors (Lipinski definition) is 1. The lowest BCUT2D eigenvalue weighted by molar-refractivity contribution is -0.123. The van der Waals surface area contributed by atoms with Crippen molar-refractivity contribution in [2.45, 2.75) is 56.6 Å². The summed E-state index contributed by atoms with van der Waals surface area (Å²) in [6, 6.07) is 8.68. The summed E-state index contributed by atoms with van der Waals surface area (Å²) in [4.78, 5) is 12.5. The van der Waals surface area contributed by atoms with Crippen LogP contribution in [0.1, 0.15) is 49.1 Å². The van der Waals surface area contributed by atoms with Crippen LogP contribution in [0, 0.1) is 0 Å². The fraction of sp³-hybridized carbons (Fsp3) is 0.588. The molecule has 1 aromatic carbocycles. The molecule has 1 saturated carbocycles. The highest BCUT2D eigenvalue weighted by Gasteiger charge is 2.30. The van der Waals surface area contributed by atoms with E-state index < -0.39 is 0 Å². The Bertz CT molecular complexity index is 478. The van der Waals surface area contributed by atoms with Crippen molar-refractivity contribution < 1.29 is 9.53 Å². The zero-order chi connectivity index (χ0) is 13.9. The van der Waals surface area contributed by atoms with Crippen molar-refractivity contribution in [1.82, 2.24) is 5.32 Å². The maximum Gasteiger partial charge on any atom is 0.227 e. The highest BCUT2D eigenvalue weighted by molar-refractivity contribution is 5.85. The molecular formula is C17H23NO2. The third-order valence-electron chi connectivity index (χ3n) is 4.80. The molecule has 0 saturated heterocycles. The van der Waals surface area contributed by atoms with Crippen molar-refractivity contribution in [3.05, 3.63) is 35.4 Å². The number of amides is 1. The smallest absolute Gasteiger partial charge is 0.227 e. The monoisotopic (exact) mass is 273 g/mol. The van der Waals surface area contributed by atoms with E-state index >= 15 is 0 Å². The van der Waals surface area contributed by atoms with E-state index in [1.54, 1.807) is 7.11 Å². The van der Waals surface area contributed by atoms with Crippen molar-refractivity contribution in [2.75, 3.05) is 7.11 Å². The highest BCUT2D eigenvalue weighted by atomic mass is 16.5. The third kappa shape index (κ3) is 2.73. The summed E-state index contributed by atoms with van der Waals surface area (Å²) in [5, 5.41) is 3.25. The van der Waals surface area contributed by atoms with Gasteiger partial charge in [0.2, 0.25) is 5.91 Å². The van der Waals surface area contributed by atoms with Gasteiger partial charge in [-0.3, -0.25) is 4.79 Å². The second-order valence-electron chi connectivity index (χ2n) is 6.01. The lowest BCUT2D eigenvalue weighted by Crippen LogP contribution is -2.40. The Balaban J connectivity index is 1.58. The summed E-state index contributed by atoms with van der Waals surface area (Å²) < 4.78 is 5.38. The van der Waals surface area contributed by atoms with Gasteiger partial charge >= 0.3 is 0 Å². The van der Waals surface area contributed by atoms with E-state index in [0.717, 1.165) is 38.5 Å². The zero-order valence-corrected chi connectivity index (χ0v) is 12.1. The Kier molecular flexibility index (Phi) is 4.06. The molecule has 2 aliphatic carbocycles. The van der Waals surface area contributed by atoms with E-state index in [1.165, 1.54) is 11.1 Å². The number of benzene rings is 1. The number of ether oxygens (including phenoxy) is 1. The predicted octanol–water partition coefficient (Wildman–Crippen LogP) is 2.79. The molecule has 0 heterocycles. The number of rotatable bonds is 3. The number of hydrogen-bond acceptors (Lipinski definition) is 2. The minimum Gasteiger partial charge on any atom is -0.381 e. The first kappa shape index (κ1) is 13.6. The Morgan fingerprint density at radius 1 is 1.15 bits per heavy atom. The molecule has 0 aliphatic heterocycles. The Hall–Kier alpha value is -1.35. The van der Waals surface area contributed by atoms with Crippen LogP contribution in [0.25, 0.3) is 0 Å². The van der Waals surface area contributed by atoms with Crippen LogP contribution in [0.4, 0.5) is 0 Å². The van der Waals surface area contributed by atoms with E-state index in [4.69, 9.17) is 4.74 Å². The van der Waals surface area contributed by atoms with Gasteiger partial charge in [-0.15, -0.1) is 0 Å². The molecule has 3 heteroatoms. The van der Waals surface area contributed by atoms with E-state index in [1.807, 2.05) is 6.07 Å². The van der Waals surface area contributed by atoms with Gasteiger partial charge in [0.1, 0.15) is 0 Å². The van der Waals surface area contributed by atoms with E-state index in [9.17, 15) is 4.79 Å². The summed E-state index contributed by atoms with van der Waals surface area (Å²) >= 11 is 0. The van der Waals surface area contributed by atoms with Crippen LogP contribution in [0.5, 0.6) is 0 Å². The summed E-state index contributed by atoms with van der Waals surface area (Å²) in [6.45, 7) is 0. The summed E-state index contributed by atoms with van der Waals surface area (Å²) in [7, 11) is 1.78. The molecule has 2 aliphatic rings. The average Bonchev–Trinajstić information content (AvgIpc) is 2.92. The van der Waals surface area contributed by atoms with Gasteiger partial charge < -0.3 is 10.1 Å². The largest absolute Gasteiger partial charge is 0.381 e. The number of methoxy groups -OCH3 is 1. The maximum atomic E-state index is 12.5. The van der Waals surface area contributed by atoms with E-state index in [0.29, 0.717) is 12.1 Å². The molecule has 1 unspecified atom stereocenters. The van der Waals surface area contributed by atoms with Crippen molar-refractivity contribution in [3.8, 4) is 0 Å². The third-order valence-corrected chi connectivity index (χ3v) is 4.80. The number of fused-ring (bicyclic) bond motifs is 1. The molecule has 0 radical (unpaired) electrons. The zero-order valence-electron chi connectivity index (χ0n) is 12.1. The Labute approximate surface area is 120 Å². The normalized spacial score (nSPS) is 28.9. The number of carbonyl (C=O) groups excluding carboxylic acids is 1. The maximum absolute atomic E-state index is 12.5. The van der Waals surface area contributed by atoms with Gasteiger partial charge in [-0.25, -0.2) is 0 Å². The minimum absolute atomic E-state index is 0.0614. The van der Waals surface area contributed by atoms with Crippen LogP contribution in [0.3, 0.4) is 0 Å². The quantitative estimate of drug-likeness (QED) is 0.919. The summed E-state index contributed by atoms with van der Waals surface area (Å²) in [6.07, 6.45) is 6.57. The molecule has 1 N–H and O–H groups in total. The van der Waals surface area contributed by atoms with E-state index in [2.05, 4.69) is 23.5 Å².